The molecule has 3 aromatic rings. The Morgan fingerprint density at radius 3 is 2.85 bits per heavy atom. The van der Waals surface area contributed by atoms with Crippen molar-refractivity contribution in [2.45, 2.75) is 38.3 Å². The lowest BCUT2D eigenvalue weighted by Crippen LogP contribution is -2.47. The molecular weight excluding hydrogens is 328 g/mol. The number of aromatic nitrogens is 5. The summed E-state index contributed by atoms with van der Waals surface area (Å²) in [5.41, 5.74) is 3.75. The molecule has 1 aromatic carbocycles. The first-order valence-electron chi connectivity index (χ1n) is 9.14. The summed E-state index contributed by atoms with van der Waals surface area (Å²) < 4.78 is 10.1. The predicted molar refractivity (Wildman–Crippen MR) is 95.3 cm³/mol. The smallest absolute Gasteiger partial charge is 0.0930 e. The largest absolute Gasteiger partial charge is 0.370 e. The highest BCUT2D eigenvalue weighted by molar-refractivity contribution is 5.27. The van der Waals surface area contributed by atoms with Crippen LogP contribution in [0.5, 0.6) is 0 Å². The Labute approximate surface area is 152 Å². The molecule has 7 nitrogen and oxygen atoms in total. The maximum Gasteiger partial charge on any atom is 0.0930 e. The molecule has 0 radical (unpaired) electrons. The number of piperidine rings is 1. The molecule has 0 saturated carbocycles. The summed E-state index contributed by atoms with van der Waals surface area (Å²) in [5.74, 6) is 0. The fourth-order valence-electron chi connectivity index (χ4n) is 4.06. The van der Waals surface area contributed by atoms with Gasteiger partial charge >= 0.3 is 0 Å². The molecule has 2 aliphatic heterocycles. The zero-order chi connectivity index (χ0) is 17.3. The number of rotatable bonds is 4. The van der Waals surface area contributed by atoms with E-state index in [-0.39, 0.29) is 12.1 Å². The number of ether oxygens (including phenoxy) is 1. The third-order valence-electron chi connectivity index (χ3n) is 5.42. The third kappa shape index (κ3) is 2.93. The van der Waals surface area contributed by atoms with Crippen molar-refractivity contribution in [1.82, 2.24) is 29.7 Å². The van der Waals surface area contributed by atoms with E-state index in [1.54, 1.807) is 0 Å². The number of hydrogen-bond donors (Lipinski definition) is 0. The molecule has 5 rings (SSSR count). The van der Waals surface area contributed by atoms with Crippen LogP contribution in [0.2, 0.25) is 0 Å². The SMILES string of the molecule is c1ccc(Cn2cccn2)c(CN2CCC3OCc4cnnn4C3C2)c1. The van der Waals surface area contributed by atoms with Crippen molar-refractivity contribution in [3.05, 3.63) is 65.7 Å². The molecule has 0 aliphatic carbocycles. The second-order valence-electron chi connectivity index (χ2n) is 7.08. The Kier molecular flexibility index (Phi) is 4.03. The van der Waals surface area contributed by atoms with Gasteiger partial charge in [-0.05, 0) is 23.6 Å². The molecule has 1 saturated heterocycles. The van der Waals surface area contributed by atoms with E-state index < -0.39 is 0 Å². The van der Waals surface area contributed by atoms with Gasteiger partial charge in [0.05, 0.1) is 37.2 Å². The topological polar surface area (TPSA) is 61.0 Å². The van der Waals surface area contributed by atoms with Crippen LogP contribution in [0.25, 0.3) is 0 Å². The molecule has 1 fully saturated rings. The molecule has 0 amide bonds. The molecule has 2 aliphatic rings. The number of benzene rings is 1. The van der Waals surface area contributed by atoms with Crippen LogP contribution in [-0.2, 0) is 24.4 Å². The Morgan fingerprint density at radius 1 is 1.12 bits per heavy atom. The highest BCUT2D eigenvalue weighted by Gasteiger charge is 2.36. The van der Waals surface area contributed by atoms with Gasteiger partial charge in [0, 0.05) is 32.0 Å². The van der Waals surface area contributed by atoms with Crippen molar-refractivity contribution in [3.63, 3.8) is 0 Å². The minimum atomic E-state index is 0.250. The van der Waals surface area contributed by atoms with Crippen molar-refractivity contribution in [1.29, 1.82) is 0 Å². The van der Waals surface area contributed by atoms with E-state index in [9.17, 15) is 0 Å². The van der Waals surface area contributed by atoms with Gasteiger partial charge in [0.25, 0.3) is 0 Å². The molecule has 4 heterocycles. The van der Waals surface area contributed by atoms with Crippen LogP contribution in [0.15, 0.2) is 48.9 Å². The average molecular weight is 350 g/mol. The fourth-order valence-corrected chi connectivity index (χ4v) is 4.06. The number of hydrogen-bond acceptors (Lipinski definition) is 5. The summed E-state index contributed by atoms with van der Waals surface area (Å²) >= 11 is 0. The minimum Gasteiger partial charge on any atom is -0.370 e. The van der Waals surface area contributed by atoms with Crippen molar-refractivity contribution in [2.75, 3.05) is 13.1 Å². The van der Waals surface area contributed by atoms with Crippen LogP contribution in [0, 0.1) is 0 Å². The van der Waals surface area contributed by atoms with E-state index >= 15 is 0 Å². The van der Waals surface area contributed by atoms with Crippen LogP contribution >= 0.6 is 0 Å². The second kappa shape index (κ2) is 6.66. The van der Waals surface area contributed by atoms with E-state index in [1.165, 1.54) is 11.1 Å². The highest BCUT2D eigenvalue weighted by Crippen LogP contribution is 2.30. The first kappa shape index (κ1) is 15.7. The number of likely N-dealkylation sites (tertiary alicyclic amines) is 1. The summed E-state index contributed by atoms with van der Waals surface area (Å²) in [6.45, 7) is 4.35. The van der Waals surface area contributed by atoms with E-state index in [2.05, 4.69) is 49.3 Å². The summed E-state index contributed by atoms with van der Waals surface area (Å²) in [6.07, 6.45) is 6.93. The Balaban J connectivity index is 1.33. The van der Waals surface area contributed by atoms with Gasteiger partial charge in [0.2, 0.25) is 0 Å². The number of fused-ring (bicyclic) bond motifs is 3. The lowest BCUT2D eigenvalue weighted by molar-refractivity contribution is -0.0670. The molecule has 0 N–H and O–H groups in total. The Morgan fingerprint density at radius 2 is 2.00 bits per heavy atom. The third-order valence-corrected chi connectivity index (χ3v) is 5.42. The zero-order valence-electron chi connectivity index (χ0n) is 14.6. The van der Waals surface area contributed by atoms with Gasteiger partial charge in [-0.3, -0.25) is 9.58 Å². The van der Waals surface area contributed by atoms with Gasteiger partial charge < -0.3 is 4.74 Å². The standard InChI is InChI=1S/C19H22N6O/c1-2-5-16(12-24-8-3-7-21-24)15(4-1)11-23-9-6-19-18(13-23)25-17(14-26-19)10-20-22-25/h1-5,7-8,10,18-19H,6,9,11-14H2. The summed E-state index contributed by atoms with van der Waals surface area (Å²) in [5, 5.41) is 12.7. The molecule has 2 aromatic heterocycles. The summed E-state index contributed by atoms with van der Waals surface area (Å²) in [4.78, 5) is 2.50. The van der Waals surface area contributed by atoms with Crippen LogP contribution in [0.3, 0.4) is 0 Å². The second-order valence-corrected chi connectivity index (χ2v) is 7.08. The van der Waals surface area contributed by atoms with E-state index in [0.717, 1.165) is 38.3 Å². The molecule has 2 unspecified atom stereocenters. The summed E-state index contributed by atoms with van der Waals surface area (Å²) in [7, 11) is 0. The van der Waals surface area contributed by atoms with Crippen molar-refractivity contribution in [2.24, 2.45) is 0 Å². The van der Waals surface area contributed by atoms with E-state index in [4.69, 9.17) is 4.74 Å². The zero-order valence-corrected chi connectivity index (χ0v) is 14.6. The normalized spacial score (nSPS) is 22.8. The van der Waals surface area contributed by atoms with Gasteiger partial charge in [0.15, 0.2) is 0 Å². The molecular formula is C19H22N6O. The van der Waals surface area contributed by atoms with E-state index in [0.29, 0.717) is 6.61 Å². The van der Waals surface area contributed by atoms with Crippen molar-refractivity contribution < 1.29 is 4.74 Å². The van der Waals surface area contributed by atoms with Crippen LogP contribution in [0.1, 0.15) is 29.3 Å². The van der Waals surface area contributed by atoms with Gasteiger partial charge in [-0.25, -0.2) is 4.68 Å². The fraction of sp³-hybridized carbons (Fsp3) is 0.421. The Bertz CT molecular complexity index is 874. The molecule has 0 bridgehead atoms. The van der Waals surface area contributed by atoms with Gasteiger partial charge in [-0.15, -0.1) is 5.10 Å². The van der Waals surface area contributed by atoms with Crippen molar-refractivity contribution in [3.8, 4) is 0 Å². The lowest BCUT2D eigenvalue weighted by atomic mass is 9.99. The van der Waals surface area contributed by atoms with Crippen LogP contribution in [-0.4, -0.2) is 48.9 Å². The minimum absolute atomic E-state index is 0.250. The first-order valence-corrected chi connectivity index (χ1v) is 9.14. The highest BCUT2D eigenvalue weighted by atomic mass is 16.5. The first-order chi connectivity index (χ1) is 12.9. The van der Waals surface area contributed by atoms with Gasteiger partial charge in [0.1, 0.15) is 0 Å². The Hall–Kier alpha value is -2.51. The van der Waals surface area contributed by atoms with E-state index in [1.807, 2.05) is 29.3 Å². The molecule has 134 valence electrons. The molecule has 0 spiro atoms. The average Bonchev–Trinajstić information content (AvgIpc) is 3.35. The molecule has 2 atom stereocenters. The molecule has 26 heavy (non-hydrogen) atoms. The van der Waals surface area contributed by atoms with Crippen molar-refractivity contribution >= 4 is 0 Å². The number of nitrogens with zero attached hydrogens (tertiary/aromatic N) is 6. The maximum atomic E-state index is 6.02. The van der Waals surface area contributed by atoms with Crippen LogP contribution in [0.4, 0.5) is 0 Å². The quantitative estimate of drug-likeness (QED) is 0.719. The van der Waals surface area contributed by atoms with Gasteiger partial charge in [-0.1, -0.05) is 29.5 Å². The lowest BCUT2D eigenvalue weighted by Gasteiger charge is -2.41. The maximum absolute atomic E-state index is 6.02. The summed E-state index contributed by atoms with van der Waals surface area (Å²) in [6, 6.07) is 10.9. The van der Waals surface area contributed by atoms with Gasteiger partial charge in [-0.2, -0.15) is 5.10 Å². The van der Waals surface area contributed by atoms with Crippen LogP contribution < -0.4 is 0 Å². The monoisotopic (exact) mass is 350 g/mol. The predicted octanol–water partition coefficient (Wildman–Crippen LogP) is 1.87. The molecule has 7 heteroatoms.